The molecule has 5 nitrogen and oxygen atoms in total. The number of rotatable bonds is 1. The largest absolute Gasteiger partial charge is 0.508 e. The zero-order chi connectivity index (χ0) is 12.9. The highest BCUT2D eigenvalue weighted by atomic mass is 16.3. The number of hydrogen-bond acceptors (Lipinski definition) is 3. The first-order valence-electron chi connectivity index (χ1n) is 5.64. The number of phenolic OH excluding ortho intramolecular Hbond substituents is 1. The van der Waals surface area contributed by atoms with Gasteiger partial charge in [0.1, 0.15) is 5.75 Å². The lowest BCUT2D eigenvalue weighted by Crippen LogP contribution is -1.95. The Hall–Kier alpha value is -2.43. The minimum Gasteiger partial charge on any atom is -0.508 e. The summed E-state index contributed by atoms with van der Waals surface area (Å²) in [5, 5.41) is 14.8. The molecule has 3 aromatic rings. The summed E-state index contributed by atoms with van der Waals surface area (Å²) in [6.45, 7) is 0. The zero-order valence-electron chi connectivity index (χ0n) is 10.3. The molecule has 3 N–H and O–H groups in total. The third-order valence-electron chi connectivity index (χ3n) is 3.20. The minimum absolute atomic E-state index is 0.246. The van der Waals surface area contributed by atoms with Gasteiger partial charge in [-0.2, -0.15) is 5.10 Å². The summed E-state index contributed by atoms with van der Waals surface area (Å²) < 4.78 is 3.75. The molecule has 0 saturated heterocycles. The number of nitrogens with zero attached hydrogens (tertiary/aromatic N) is 3. The molecule has 3 rings (SSSR count). The molecule has 0 saturated carbocycles. The lowest BCUT2D eigenvalue weighted by atomic mass is 10.1. The van der Waals surface area contributed by atoms with Gasteiger partial charge in [-0.3, -0.25) is 4.68 Å². The van der Waals surface area contributed by atoms with Gasteiger partial charge in [0.15, 0.2) is 0 Å². The van der Waals surface area contributed by atoms with Crippen LogP contribution in [0.4, 0.5) is 5.69 Å². The van der Waals surface area contributed by atoms with Crippen molar-refractivity contribution in [1.82, 2.24) is 14.3 Å². The maximum atomic E-state index is 9.64. The Bertz CT molecular complexity index is 719. The number of aryl methyl sites for hydroxylation is 2. The van der Waals surface area contributed by atoms with Crippen molar-refractivity contribution in [2.24, 2.45) is 14.1 Å². The van der Waals surface area contributed by atoms with Crippen LogP contribution in [0.3, 0.4) is 0 Å². The van der Waals surface area contributed by atoms with Crippen LogP contribution in [0.2, 0.25) is 0 Å². The molecule has 0 atom stereocenters. The van der Waals surface area contributed by atoms with Crippen molar-refractivity contribution in [2.75, 3.05) is 5.73 Å². The summed E-state index contributed by atoms with van der Waals surface area (Å²) in [6, 6.07) is 5.32. The fourth-order valence-corrected chi connectivity index (χ4v) is 2.35. The van der Waals surface area contributed by atoms with Crippen LogP contribution in [0.25, 0.3) is 22.2 Å². The SMILES string of the molecule is Cn1ncc(N)c1-c1cn(C)c2ccc(O)cc12. The van der Waals surface area contributed by atoms with E-state index < -0.39 is 0 Å². The van der Waals surface area contributed by atoms with E-state index in [-0.39, 0.29) is 5.75 Å². The maximum Gasteiger partial charge on any atom is 0.116 e. The number of nitrogen functional groups attached to an aromatic ring is 1. The summed E-state index contributed by atoms with van der Waals surface area (Å²) in [5.41, 5.74) is 9.47. The highest BCUT2D eigenvalue weighted by molar-refractivity contribution is 5.98. The van der Waals surface area contributed by atoms with Crippen LogP contribution >= 0.6 is 0 Å². The van der Waals surface area contributed by atoms with Crippen LogP contribution in [0.1, 0.15) is 0 Å². The summed E-state index contributed by atoms with van der Waals surface area (Å²) in [4.78, 5) is 0. The van der Waals surface area contributed by atoms with Crippen LogP contribution < -0.4 is 5.73 Å². The van der Waals surface area contributed by atoms with E-state index in [2.05, 4.69) is 5.10 Å². The Balaban J connectivity index is 2.40. The van der Waals surface area contributed by atoms with E-state index in [4.69, 9.17) is 5.73 Å². The van der Waals surface area contributed by atoms with Gasteiger partial charge in [-0.15, -0.1) is 0 Å². The van der Waals surface area contributed by atoms with E-state index in [0.29, 0.717) is 5.69 Å². The molecular weight excluding hydrogens is 228 g/mol. The molecule has 0 aliphatic rings. The van der Waals surface area contributed by atoms with Crippen LogP contribution in [0.15, 0.2) is 30.6 Å². The van der Waals surface area contributed by atoms with Gasteiger partial charge in [0.25, 0.3) is 0 Å². The molecule has 0 aliphatic carbocycles. The molecule has 0 aliphatic heterocycles. The van der Waals surface area contributed by atoms with Gasteiger partial charge in [-0.05, 0) is 18.2 Å². The van der Waals surface area contributed by atoms with Gasteiger partial charge in [0.05, 0.1) is 17.6 Å². The Morgan fingerprint density at radius 3 is 2.72 bits per heavy atom. The minimum atomic E-state index is 0.246. The number of aromatic hydroxyl groups is 1. The lowest BCUT2D eigenvalue weighted by Gasteiger charge is -2.02. The maximum absolute atomic E-state index is 9.64. The van der Waals surface area contributed by atoms with E-state index >= 15 is 0 Å². The molecular formula is C13H14N4O. The topological polar surface area (TPSA) is 69.0 Å². The highest BCUT2D eigenvalue weighted by Gasteiger charge is 2.15. The second kappa shape index (κ2) is 3.53. The predicted molar refractivity (Wildman–Crippen MR) is 71.2 cm³/mol. The Kier molecular flexibility index (Phi) is 2.10. The Labute approximate surface area is 104 Å². The van der Waals surface area contributed by atoms with Crippen molar-refractivity contribution in [3.05, 3.63) is 30.6 Å². The van der Waals surface area contributed by atoms with Crippen LogP contribution in [-0.2, 0) is 14.1 Å². The number of anilines is 1. The van der Waals surface area contributed by atoms with Crippen molar-refractivity contribution >= 4 is 16.6 Å². The monoisotopic (exact) mass is 242 g/mol. The van der Waals surface area contributed by atoms with E-state index in [0.717, 1.165) is 22.2 Å². The van der Waals surface area contributed by atoms with Crippen LogP contribution in [-0.4, -0.2) is 19.5 Å². The number of benzene rings is 1. The Morgan fingerprint density at radius 2 is 2.06 bits per heavy atom. The molecule has 2 heterocycles. The normalized spacial score (nSPS) is 11.2. The molecule has 0 bridgehead atoms. The molecule has 0 fully saturated rings. The van der Waals surface area contributed by atoms with Crippen molar-refractivity contribution in [3.8, 4) is 17.0 Å². The molecule has 0 amide bonds. The molecule has 0 unspecified atom stereocenters. The molecule has 18 heavy (non-hydrogen) atoms. The smallest absolute Gasteiger partial charge is 0.116 e. The first kappa shape index (κ1) is 10.7. The highest BCUT2D eigenvalue weighted by Crippen LogP contribution is 2.34. The summed E-state index contributed by atoms with van der Waals surface area (Å²) in [7, 11) is 3.82. The van der Waals surface area contributed by atoms with Crippen LogP contribution in [0.5, 0.6) is 5.75 Å². The van der Waals surface area contributed by atoms with Gasteiger partial charge in [0.2, 0.25) is 0 Å². The zero-order valence-corrected chi connectivity index (χ0v) is 10.3. The van der Waals surface area contributed by atoms with Crippen molar-refractivity contribution in [2.45, 2.75) is 0 Å². The van der Waals surface area contributed by atoms with E-state index in [9.17, 15) is 5.11 Å². The van der Waals surface area contributed by atoms with Crippen molar-refractivity contribution in [1.29, 1.82) is 0 Å². The molecule has 92 valence electrons. The fourth-order valence-electron chi connectivity index (χ4n) is 2.35. The molecule has 5 heteroatoms. The van der Waals surface area contributed by atoms with Gasteiger partial charge in [-0.1, -0.05) is 0 Å². The number of fused-ring (bicyclic) bond motifs is 1. The van der Waals surface area contributed by atoms with Crippen molar-refractivity contribution in [3.63, 3.8) is 0 Å². The van der Waals surface area contributed by atoms with Gasteiger partial charge < -0.3 is 15.4 Å². The molecule has 1 aromatic carbocycles. The quantitative estimate of drug-likeness (QED) is 0.684. The first-order valence-corrected chi connectivity index (χ1v) is 5.64. The third kappa shape index (κ3) is 1.37. The number of phenols is 1. The number of nitrogens with two attached hydrogens (primary N) is 1. The van der Waals surface area contributed by atoms with Gasteiger partial charge in [0, 0.05) is 36.8 Å². The lowest BCUT2D eigenvalue weighted by molar-refractivity contribution is 0.476. The number of hydrogen-bond donors (Lipinski definition) is 2. The van der Waals surface area contributed by atoms with E-state index in [1.54, 1.807) is 23.0 Å². The third-order valence-corrected chi connectivity index (χ3v) is 3.20. The van der Waals surface area contributed by atoms with Gasteiger partial charge in [-0.25, -0.2) is 0 Å². The van der Waals surface area contributed by atoms with Crippen molar-refractivity contribution < 1.29 is 5.11 Å². The summed E-state index contributed by atoms with van der Waals surface area (Å²) in [6.07, 6.45) is 3.63. The summed E-state index contributed by atoms with van der Waals surface area (Å²) >= 11 is 0. The second-order valence-electron chi connectivity index (χ2n) is 4.43. The van der Waals surface area contributed by atoms with Gasteiger partial charge >= 0.3 is 0 Å². The second-order valence-corrected chi connectivity index (χ2v) is 4.43. The van der Waals surface area contributed by atoms with E-state index in [1.165, 1.54) is 0 Å². The average molecular weight is 242 g/mol. The average Bonchev–Trinajstić information content (AvgIpc) is 2.81. The van der Waals surface area contributed by atoms with E-state index in [1.807, 2.05) is 30.9 Å². The van der Waals surface area contributed by atoms with Crippen LogP contribution in [0, 0.1) is 0 Å². The first-order chi connectivity index (χ1) is 8.58. The molecule has 0 radical (unpaired) electrons. The summed E-state index contributed by atoms with van der Waals surface area (Å²) in [5.74, 6) is 0.246. The fraction of sp³-hybridized carbons (Fsp3) is 0.154. The number of aromatic nitrogens is 3. The molecule has 0 spiro atoms. The predicted octanol–water partition coefficient (Wildman–Crippen LogP) is 1.87. The molecule has 2 aromatic heterocycles. The Morgan fingerprint density at radius 1 is 1.28 bits per heavy atom. The standard InChI is InChI=1S/C13H14N4O/c1-16-7-10(13-11(14)6-15-17(13)2)9-5-8(18)3-4-12(9)16/h3-7,18H,14H2,1-2H3.